The molecule has 21 heavy (non-hydrogen) atoms. The van der Waals surface area contributed by atoms with Crippen LogP contribution in [-0.4, -0.2) is 6.10 Å². The first kappa shape index (κ1) is 15.3. The molecule has 0 aromatic heterocycles. The van der Waals surface area contributed by atoms with Gasteiger partial charge in [0, 0.05) is 10.6 Å². The van der Waals surface area contributed by atoms with Gasteiger partial charge in [0.05, 0.1) is 6.10 Å². The zero-order chi connectivity index (χ0) is 14.5. The van der Waals surface area contributed by atoms with Crippen molar-refractivity contribution in [1.82, 2.24) is 0 Å². The molecule has 2 nitrogen and oxygen atoms in total. The molecule has 0 fully saturated rings. The first-order chi connectivity index (χ1) is 10.3. The van der Waals surface area contributed by atoms with E-state index in [1.165, 1.54) is 12.8 Å². The summed E-state index contributed by atoms with van der Waals surface area (Å²) in [6, 6.07) is 0. The topological polar surface area (TPSA) is 26.3 Å². The molecule has 0 N–H and O–H groups in total. The van der Waals surface area contributed by atoms with Gasteiger partial charge in [-0.2, -0.15) is 0 Å². The summed E-state index contributed by atoms with van der Waals surface area (Å²) in [5, 5.41) is 2.22. The van der Waals surface area contributed by atoms with Crippen molar-refractivity contribution in [3.8, 4) is 0 Å². The van der Waals surface area contributed by atoms with E-state index in [0.29, 0.717) is 0 Å². The highest BCUT2D eigenvalue weighted by molar-refractivity contribution is 7.67. The lowest BCUT2D eigenvalue weighted by Crippen LogP contribution is -2.13. The quantitative estimate of drug-likeness (QED) is 0.449. The molecule has 3 heteroatoms. The Morgan fingerprint density at radius 2 is 1.57 bits per heavy atom. The average molecular weight is 306 g/mol. The van der Waals surface area contributed by atoms with Crippen molar-refractivity contribution < 1.29 is 9.09 Å². The van der Waals surface area contributed by atoms with Crippen molar-refractivity contribution in [1.29, 1.82) is 0 Å². The van der Waals surface area contributed by atoms with Crippen LogP contribution in [0, 0.1) is 0 Å². The van der Waals surface area contributed by atoms with E-state index >= 15 is 0 Å². The molecule has 1 atom stereocenters. The Labute approximate surface area is 128 Å². The second kappa shape index (κ2) is 7.11. The molecule has 0 spiro atoms. The maximum Gasteiger partial charge on any atom is 0.253 e. The van der Waals surface area contributed by atoms with E-state index in [-0.39, 0.29) is 6.10 Å². The molecule has 0 amide bonds. The summed E-state index contributed by atoms with van der Waals surface area (Å²) in [5.74, 6) is 0. The number of allylic oxidation sites excluding steroid dienone is 5. The van der Waals surface area contributed by atoms with E-state index < -0.39 is 7.37 Å². The lowest BCUT2D eigenvalue weighted by atomic mass is 10.1. The Morgan fingerprint density at radius 1 is 0.905 bits per heavy atom. The summed E-state index contributed by atoms with van der Waals surface area (Å²) in [6.45, 7) is 0. The van der Waals surface area contributed by atoms with Gasteiger partial charge in [-0.3, -0.25) is 4.57 Å². The van der Waals surface area contributed by atoms with E-state index in [1.54, 1.807) is 0 Å². The Bertz CT molecular complexity index is 471. The van der Waals surface area contributed by atoms with Gasteiger partial charge >= 0.3 is 0 Å². The van der Waals surface area contributed by atoms with E-state index in [9.17, 15) is 4.57 Å². The number of rotatable bonds is 4. The molecule has 0 radical (unpaired) electrons. The molecule has 3 aliphatic carbocycles. The molecule has 0 saturated heterocycles. The Morgan fingerprint density at radius 3 is 2.05 bits per heavy atom. The molecule has 0 heterocycles. The van der Waals surface area contributed by atoms with Crippen molar-refractivity contribution in [2.24, 2.45) is 0 Å². The largest absolute Gasteiger partial charge is 0.315 e. The lowest BCUT2D eigenvalue weighted by molar-refractivity contribution is 0.236. The van der Waals surface area contributed by atoms with Crippen molar-refractivity contribution in [2.45, 2.75) is 76.7 Å². The Kier molecular flexibility index (Phi) is 5.19. The van der Waals surface area contributed by atoms with Gasteiger partial charge in [0.2, 0.25) is 0 Å². The van der Waals surface area contributed by atoms with Crippen LogP contribution >= 0.6 is 7.37 Å². The number of hydrogen-bond donors (Lipinski definition) is 0. The van der Waals surface area contributed by atoms with Crippen molar-refractivity contribution >= 4 is 7.37 Å². The zero-order valence-electron chi connectivity index (χ0n) is 12.9. The van der Waals surface area contributed by atoms with Crippen LogP contribution in [0.5, 0.6) is 0 Å². The van der Waals surface area contributed by atoms with Gasteiger partial charge in [0.25, 0.3) is 7.37 Å². The second-order valence-electron chi connectivity index (χ2n) is 6.44. The van der Waals surface area contributed by atoms with Crippen molar-refractivity contribution in [3.05, 3.63) is 34.9 Å². The van der Waals surface area contributed by atoms with Crippen LogP contribution in [0.1, 0.15) is 70.6 Å². The summed E-state index contributed by atoms with van der Waals surface area (Å²) in [7, 11) is -2.77. The van der Waals surface area contributed by atoms with Crippen LogP contribution in [0.15, 0.2) is 34.9 Å². The molecule has 3 aliphatic rings. The summed E-state index contributed by atoms with van der Waals surface area (Å²) >= 11 is 0. The maximum atomic E-state index is 13.8. The van der Waals surface area contributed by atoms with Gasteiger partial charge in [0.1, 0.15) is 0 Å². The molecule has 116 valence electrons. The third kappa shape index (κ3) is 3.60. The fourth-order valence-electron chi connectivity index (χ4n) is 3.56. The van der Waals surface area contributed by atoms with Crippen LogP contribution in [0.3, 0.4) is 0 Å². The monoisotopic (exact) mass is 306 g/mol. The highest BCUT2D eigenvalue weighted by Crippen LogP contribution is 2.67. The van der Waals surface area contributed by atoms with Gasteiger partial charge in [-0.15, -0.1) is 0 Å². The van der Waals surface area contributed by atoms with Crippen LogP contribution in [-0.2, 0) is 9.09 Å². The summed E-state index contributed by atoms with van der Waals surface area (Å²) in [5.41, 5.74) is 0. The summed E-state index contributed by atoms with van der Waals surface area (Å²) in [6.07, 6.45) is 20.9. The number of hydrogen-bond acceptors (Lipinski definition) is 2. The molecular weight excluding hydrogens is 279 g/mol. The molecule has 0 bridgehead atoms. The van der Waals surface area contributed by atoms with E-state index in [1.807, 2.05) is 0 Å². The van der Waals surface area contributed by atoms with Crippen molar-refractivity contribution in [3.63, 3.8) is 0 Å². The lowest BCUT2D eigenvalue weighted by Gasteiger charge is -2.31. The second-order valence-corrected chi connectivity index (χ2v) is 8.90. The molecule has 0 aromatic carbocycles. The minimum atomic E-state index is -2.77. The Balaban J connectivity index is 1.87. The van der Waals surface area contributed by atoms with Crippen LogP contribution in [0.25, 0.3) is 0 Å². The Hall–Kier alpha value is -0.590. The predicted molar refractivity (Wildman–Crippen MR) is 88.6 cm³/mol. The van der Waals surface area contributed by atoms with E-state index in [2.05, 4.69) is 24.3 Å². The summed E-state index contributed by atoms with van der Waals surface area (Å²) < 4.78 is 20.1. The van der Waals surface area contributed by atoms with Crippen molar-refractivity contribution in [2.75, 3.05) is 0 Å². The normalized spacial score (nSPS) is 27.1. The van der Waals surface area contributed by atoms with Gasteiger partial charge in [0.15, 0.2) is 0 Å². The first-order valence-electron chi connectivity index (χ1n) is 8.63. The van der Waals surface area contributed by atoms with Gasteiger partial charge < -0.3 is 4.52 Å². The minimum Gasteiger partial charge on any atom is -0.315 e. The van der Waals surface area contributed by atoms with E-state index in [4.69, 9.17) is 4.52 Å². The zero-order valence-corrected chi connectivity index (χ0v) is 13.8. The third-order valence-corrected chi connectivity index (χ3v) is 7.68. The molecular formula is C18H27O2P. The summed E-state index contributed by atoms with van der Waals surface area (Å²) in [4.78, 5) is 0. The SMILES string of the molecule is O=P(OC1C=CCCC1)(C1=CCCCC1)C1=CCCCC1. The van der Waals surface area contributed by atoms with Gasteiger partial charge in [-0.1, -0.05) is 24.3 Å². The minimum absolute atomic E-state index is 0.0511. The molecule has 3 rings (SSSR count). The highest BCUT2D eigenvalue weighted by Gasteiger charge is 2.36. The fourth-order valence-corrected chi connectivity index (χ4v) is 6.40. The average Bonchev–Trinajstić information content (AvgIpc) is 2.57. The van der Waals surface area contributed by atoms with Gasteiger partial charge in [-0.05, 0) is 70.6 Å². The molecule has 0 saturated carbocycles. The molecule has 1 unspecified atom stereocenters. The van der Waals surface area contributed by atoms with Crippen LogP contribution < -0.4 is 0 Å². The standard InChI is InChI=1S/C18H27O2P/c19-21(17-12-6-2-7-13-17,18-14-8-3-9-15-18)20-16-10-4-1-5-11-16/h4,10,12,14,16H,1-3,5-9,11,13,15H2. The van der Waals surface area contributed by atoms with E-state index in [0.717, 1.165) is 68.4 Å². The third-order valence-electron chi connectivity index (χ3n) is 4.78. The predicted octanol–water partition coefficient (Wildman–Crippen LogP) is 6.31. The van der Waals surface area contributed by atoms with Gasteiger partial charge in [-0.25, -0.2) is 0 Å². The maximum absolute atomic E-state index is 13.8. The van der Waals surface area contributed by atoms with Crippen LogP contribution in [0.2, 0.25) is 0 Å². The molecule has 0 aromatic rings. The first-order valence-corrected chi connectivity index (χ1v) is 10.3. The van der Waals surface area contributed by atoms with Crippen LogP contribution in [0.4, 0.5) is 0 Å². The fraction of sp³-hybridized carbons (Fsp3) is 0.667. The smallest absolute Gasteiger partial charge is 0.253 e. The molecule has 0 aliphatic heterocycles. The highest BCUT2D eigenvalue weighted by atomic mass is 31.2.